The molecule has 0 radical (unpaired) electrons. The van der Waals surface area contributed by atoms with Crippen LogP contribution in [0.4, 0.5) is 0 Å². The first kappa shape index (κ1) is 25.0. The second-order valence-electron chi connectivity index (χ2n) is 13.5. The number of aliphatic hydroxyl groups is 1. The van der Waals surface area contributed by atoms with E-state index in [1.807, 2.05) is 20.8 Å². The maximum absolute atomic E-state index is 13.3. The van der Waals surface area contributed by atoms with E-state index in [1.54, 1.807) is 0 Å². The third-order valence-corrected chi connectivity index (χ3v) is 9.64. The maximum atomic E-state index is 13.3. The Kier molecular flexibility index (Phi) is 6.47. The van der Waals surface area contributed by atoms with Gasteiger partial charge in [0.25, 0.3) is 0 Å². The van der Waals surface area contributed by atoms with E-state index in [2.05, 4.69) is 13.8 Å². The summed E-state index contributed by atoms with van der Waals surface area (Å²) < 4.78 is 12.2. The van der Waals surface area contributed by atoms with E-state index in [-0.39, 0.29) is 17.5 Å². The van der Waals surface area contributed by atoms with Crippen LogP contribution in [0.15, 0.2) is 0 Å². The molecule has 0 aliphatic heterocycles. The number of hydrogen-bond acceptors (Lipinski definition) is 5. The molecule has 5 aliphatic rings. The van der Waals surface area contributed by atoms with Gasteiger partial charge in [-0.1, -0.05) is 13.3 Å². The van der Waals surface area contributed by atoms with E-state index in [0.29, 0.717) is 31.1 Å². The highest BCUT2D eigenvalue weighted by atomic mass is 16.6. The molecule has 5 heteroatoms. The highest BCUT2D eigenvalue weighted by Crippen LogP contribution is 2.59. The Morgan fingerprint density at radius 3 is 2.09 bits per heavy atom. The highest BCUT2D eigenvalue weighted by molar-refractivity contribution is 5.77. The van der Waals surface area contributed by atoms with Crippen LogP contribution in [0.25, 0.3) is 0 Å². The Bertz CT molecular complexity index is 750. The lowest BCUT2D eigenvalue weighted by molar-refractivity contribution is -0.225. The lowest BCUT2D eigenvalue weighted by atomic mass is 9.52. The van der Waals surface area contributed by atoms with Gasteiger partial charge in [0, 0.05) is 6.42 Å². The Balaban J connectivity index is 1.31. The van der Waals surface area contributed by atoms with Gasteiger partial charge in [0.05, 0.1) is 16.4 Å². The number of carbonyl (C=O) groups excluding carboxylic acids is 2. The average molecular weight is 463 g/mol. The molecule has 5 saturated carbocycles. The van der Waals surface area contributed by atoms with Crippen LogP contribution in [0.3, 0.4) is 0 Å². The number of carbonyl (C=O) groups is 2. The van der Waals surface area contributed by atoms with Gasteiger partial charge >= 0.3 is 11.9 Å². The minimum atomic E-state index is -0.631. The van der Waals surface area contributed by atoms with E-state index in [0.717, 1.165) is 64.2 Å². The topological polar surface area (TPSA) is 72.8 Å². The number of ether oxygens (including phenoxy) is 2. The lowest BCUT2D eigenvalue weighted by Crippen LogP contribution is -2.61. The van der Waals surface area contributed by atoms with Crippen molar-refractivity contribution in [2.24, 2.45) is 22.7 Å². The van der Waals surface area contributed by atoms with Crippen LogP contribution >= 0.6 is 0 Å². The third kappa shape index (κ3) is 5.13. The van der Waals surface area contributed by atoms with Gasteiger partial charge in [-0.05, 0) is 117 Å². The SMILES string of the molecule is CCC(C)(CCCC(C)(C)C(=O)OC12CC3CC(CC(O)(C3)C1)C2)C(=O)OC1(C)CCCC1. The fourth-order valence-corrected chi connectivity index (χ4v) is 7.60. The van der Waals surface area contributed by atoms with Crippen molar-refractivity contribution in [2.75, 3.05) is 0 Å². The molecule has 5 aliphatic carbocycles. The summed E-state index contributed by atoms with van der Waals surface area (Å²) in [6, 6.07) is 0. The fourth-order valence-electron chi connectivity index (χ4n) is 7.60. The molecule has 3 unspecified atom stereocenters. The molecule has 0 amide bonds. The summed E-state index contributed by atoms with van der Waals surface area (Å²) in [7, 11) is 0. The van der Waals surface area contributed by atoms with Gasteiger partial charge in [0.2, 0.25) is 0 Å². The molecule has 3 atom stereocenters. The smallest absolute Gasteiger partial charge is 0.312 e. The van der Waals surface area contributed by atoms with Crippen molar-refractivity contribution in [1.82, 2.24) is 0 Å². The van der Waals surface area contributed by atoms with Crippen molar-refractivity contribution in [3.63, 3.8) is 0 Å². The van der Waals surface area contributed by atoms with Crippen LogP contribution in [0.1, 0.15) is 125 Å². The molecule has 0 aromatic carbocycles. The molecule has 188 valence electrons. The largest absolute Gasteiger partial charge is 0.459 e. The van der Waals surface area contributed by atoms with Gasteiger partial charge in [-0.25, -0.2) is 0 Å². The van der Waals surface area contributed by atoms with Gasteiger partial charge < -0.3 is 14.6 Å². The van der Waals surface area contributed by atoms with Gasteiger partial charge in [0.1, 0.15) is 11.2 Å². The lowest BCUT2D eigenvalue weighted by Gasteiger charge is -2.59. The van der Waals surface area contributed by atoms with E-state index in [4.69, 9.17) is 9.47 Å². The van der Waals surface area contributed by atoms with E-state index in [9.17, 15) is 14.7 Å². The van der Waals surface area contributed by atoms with Crippen LogP contribution in [0.5, 0.6) is 0 Å². The monoisotopic (exact) mass is 462 g/mol. The molecule has 4 bridgehead atoms. The minimum Gasteiger partial charge on any atom is -0.459 e. The average Bonchev–Trinajstić information content (AvgIpc) is 3.11. The summed E-state index contributed by atoms with van der Waals surface area (Å²) in [5, 5.41) is 11.0. The molecule has 0 aromatic heterocycles. The van der Waals surface area contributed by atoms with Crippen LogP contribution in [-0.4, -0.2) is 33.8 Å². The second kappa shape index (κ2) is 8.53. The molecule has 0 aromatic rings. The minimum absolute atomic E-state index is 0.0865. The summed E-state index contributed by atoms with van der Waals surface area (Å²) in [6.07, 6.45) is 12.4. The molecule has 0 heterocycles. The zero-order valence-corrected chi connectivity index (χ0v) is 21.6. The van der Waals surface area contributed by atoms with E-state index >= 15 is 0 Å². The third-order valence-electron chi connectivity index (χ3n) is 9.64. The quantitative estimate of drug-likeness (QED) is 0.419. The zero-order valence-electron chi connectivity index (χ0n) is 21.6. The first-order valence-corrected chi connectivity index (χ1v) is 13.5. The van der Waals surface area contributed by atoms with E-state index < -0.39 is 22.0 Å². The Morgan fingerprint density at radius 2 is 1.55 bits per heavy atom. The molecular weight excluding hydrogens is 416 g/mol. The summed E-state index contributed by atoms with van der Waals surface area (Å²) in [4.78, 5) is 26.3. The van der Waals surface area contributed by atoms with Crippen molar-refractivity contribution in [1.29, 1.82) is 0 Å². The summed E-state index contributed by atoms with van der Waals surface area (Å²) in [5.41, 5.74) is -2.53. The first-order chi connectivity index (χ1) is 15.3. The highest BCUT2D eigenvalue weighted by Gasteiger charge is 2.59. The Hall–Kier alpha value is -1.10. The van der Waals surface area contributed by atoms with Crippen molar-refractivity contribution >= 4 is 11.9 Å². The molecule has 5 fully saturated rings. The molecule has 0 saturated heterocycles. The first-order valence-electron chi connectivity index (χ1n) is 13.5. The molecule has 1 N–H and O–H groups in total. The molecule has 5 rings (SSSR count). The standard InChI is InChI=1S/C28H46O5/c1-6-25(4,23(30)32-26(5)12-7-8-13-26)11-9-10-24(2,3)22(29)33-28-17-20-14-21(18-28)16-27(31,15-20)19-28/h20-21,31H,6-19H2,1-5H3. The van der Waals surface area contributed by atoms with E-state index in [1.165, 1.54) is 6.42 Å². The number of esters is 2. The Morgan fingerprint density at radius 1 is 0.939 bits per heavy atom. The van der Waals surface area contributed by atoms with Crippen LogP contribution in [0.2, 0.25) is 0 Å². The zero-order chi connectivity index (χ0) is 24.1. The summed E-state index contributed by atoms with van der Waals surface area (Å²) in [6.45, 7) is 10.1. The predicted octanol–water partition coefficient (Wildman–Crippen LogP) is 6.10. The fraction of sp³-hybridized carbons (Fsp3) is 0.929. The normalized spacial score (nSPS) is 36.4. The number of rotatable bonds is 9. The summed E-state index contributed by atoms with van der Waals surface area (Å²) in [5.74, 6) is 0.749. The van der Waals surface area contributed by atoms with Crippen molar-refractivity contribution in [3.05, 3.63) is 0 Å². The molecule has 33 heavy (non-hydrogen) atoms. The Labute approximate surface area is 200 Å². The van der Waals surface area contributed by atoms with Crippen LogP contribution in [0, 0.1) is 22.7 Å². The second-order valence-corrected chi connectivity index (χ2v) is 13.5. The van der Waals surface area contributed by atoms with Crippen LogP contribution in [-0.2, 0) is 19.1 Å². The van der Waals surface area contributed by atoms with Gasteiger partial charge in [0.15, 0.2) is 0 Å². The number of hydrogen-bond donors (Lipinski definition) is 1. The van der Waals surface area contributed by atoms with Gasteiger partial charge in [-0.3, -0.25) is 9.59 Å². The molecule has 5 nitrogen and oxygen atoms in total. The van der Waals surface area contributed by atoms with Gasteiger partial charge in [-0.2, -0.15) is 0 Å². The van der Waals surface area contributed by atoms with Gasteiger partial charge in [-0.15, -0.1) is 0 Å². The maximum Gasteiger partial charge on any atom is 0.312 e. The van der Waals surface area contributed by atoms with Crippen LogP contribution < -0.4 is 0 Å². The predicted molar refractivity (Wildman–Crippen MR) is 127 cm³/mol. The van der Waals surface area contributed by atoms with Crippen molar-refractivity contribution in [3.8, 4) is 0 Å². The molecule has 0 spiro atoms. The van der Waals surface area contributed by atoms with Crippen molar-refractivity contribution < 1.29 is 24.2 Å². The molecular formula is C28H46O5. The summed E-state index contributed by atoms with van der Waals surface area (Å²) >= 11 is 0. The van der Waals surface area contributed by atoms with Crippen molar-refractivity contribution in [2.45, 2.75) is 141 Å².